The van der Waals surface area contributed by atoms with Gasteiger partial charge in [-0.25, -0.2) is 9.97 Å². The molecule has 2 aromatic heterocycles. The standard InChI is InChI=1S/C24H22F3N5O2/c1-34-18-7-5-17(6-8-18)32-12-16-11-29-23(30-13-24(25,26)27)31-21(16)20(22(32)33)15-4-9-19(28-10-15)14-2-3-14/h4-9,11-12,14,28H,2-3,10,13H2,1H3,(H,30,31). The molecule has 0 spiro atoms. The molecule has 1 aromatic carbocycles. The first-order chi connectivity index (χ1) is 16.3. The largest absolute Gasteiger partial charge is 0.497 e. The molecule has 0 unspecified atom stereocenters. The number of ether oxygens (including phenoxy) is 1. The van der Waals surface area contributed by atoms with E-state index in [9.17, 15) is 18.0 Å². The predicted octanol–water partition coefficient (Wildman–Crippen LogP) is 4.04. The first kappa shape index (κ1) is 22.0. The Labute approximate surface area is 193 Å². The van der Waals surface area contributed by atoms with Gasteiger partial charge in [-0.15, -0.1) is 0 Å². The van der Waals surface area contributed by atoms with Gasteiger partial charge in [-0.3, -0.25) is 9.36 Å². The molecule has 5 rings (SSSR count). The summed E-state index contributed by atoms with van der Waals surface area (Å²) >= 11 is 0. The van der Waals surface area contributed by atoms with Crippen LogP contribution < -0.4 is 20.9 Å². The third-order valence-corrected chi connectivity index (χ3v) is 5.84. The van der Waals surface area contributed by atoms with Crippen molar-refractivity contribution < 1.29 is 17.9 Å². The summed E-state index contributed by atoms with van der Waals surface area (Å²) in [6.45, 7) is -0.844. The van der Waals surface area contributed by atoms with E-state index in [2.05, 4.69) is 20.6 Å². The number of rotatable bonds is 6. The van der Waals surface area contributed by atoms with Gasteiger partial charge >= 0.3 is 6.18 Å². The number of allylic oxidation sites excluding steroid dienone is 3. The van der Waals surface area contributed by atoms with Crippen LogP contribution in [0.3, 0.4) is 0 Å². The van der Waals surface area contributed by atoms with Crippen LogP contribution in [0.25, 0.3) is 22.2 Å². The molecule has 3 aromatic rings. The molecule has 0 radical (unpaired) electrons. The number of hydrogen-bond donors (Lipinski definition) is 2. The maximum atomic E-state index is 13.7. The van der Waals surface area contributed by atoms with Gasteiger partial charge in [-0.05, 0) is 54.7 Å². The van der Waals surface area contributed by atoms with Crippen molar-refractivity contribution in [2.45, 2.75) is 19.0 Å². The number of fused-ring (bicyclic) bond motifs is 1. The highest BCUT2D eigenvalue weighted by Crippen LogP contribution is 2.36. The van der Waals surface area contributed by atoms with Crippen molar-refractivity contribution in [1.29, 1.82) is 0 Å². The molecule has 34 heavy (non-hydrogen) atoms. The van der Waals surface area contributed by atoms with Crippen LogP contribution >= 0.6 is 0 Å². The third kappa shape index (κ3) is 4.48. The Morgan fingerprint density at radius 3 is 2.59 bits per heavy atom. The van der Waals surface area contributed by atoms with Crippen molar-refractivity contribution in [1.82, 2.24) is 19.9 Å². The second-order valence-electron chi connectivity index (χ2n) is 8.29. The minimum Gasteiger partial charge on any atom is -0.497 e. The van der Waals surface area contributed by atoms with Crippen LogP contribution in [0.5, 0.6) is 5.75 Å². The van der Waals surface area contributed by atoms with Crippen molar-refractivity contribution in [3.63, 3.8) is 0 Å². The smallest absolute Gasteiger partial charge is 0.405 e. The van der Waals surface area contributed by atoms with Gasteiger partial charge in [0.05, 0.1) is 18.2 Å². The first-order valence-electron chi connectivity index (χ1n) is 10.8. The Kier molecular flexibility index (Phi) is 5.51. The fourth-order valence-electron chi connectivity index (χ4n) is 3.95. The summed E-state index contributed by atoms with van der Waals surface area (Å²) in [7, 11) is 1.56. The number of alkyl halides is 3. The maximum Gasteiger partial charge on any atom is 0.405 e. The molecule has 1 aliphatic carbocycles. The lowest BCUT2D eigenvalue weighted by molar-refractivity contribution is -0.115. The van der Waals surface area contributed by atoms with Crippen LogP contribution in [0.2, 0.25) is 0 Å². The molecular formula is C24H22F3N5O2. The summed E-state index contributed by atoms with van der Waals surface area (Å²) in [6.07, 6.45) is 4.74. The monoisotopic (exact) mass is 469 g/mol. The fraction of sp³-hybridized carbons (Fsp3) is 0.292. The molecule has 0 atom stereocenters. The van der Waals surface area contributed by atoms with E-state index in [0.29, 0.717) is 45.9 Å². The number of nitrogens with zero attached hydrogens (tertiary/aromatic N) is 3. The zero-order valence-electron chi connectivity index (χ0n) is 18.3. The van der Waals surface area contributed by atoms with Gasteiger partial charge in [-0.2, -0.15) is 13.2 Å². The Balaban J connectivity index is 1.65. The van der Waals surface area contributed by atoms with Gasteiger partial charge in [0, 0.05) is 35.7 Å². The van der Waals surface area contributed by atoms with Crippen LogP contribution in [0, 0.1) is 5.92 Å². The average molecular weight is 469 g/mol. The van der Waals surface area contributed by atoms with E-state index in [-0.39, 0.29) is 11.5 Å². The Hall–Kier alpha value is -3.82. The minimum absolute atomic E-state index is 0.189. The molecule has 2 N–H and O–H groups in total. The summed E-state index contributed by atoms with van der Waals surface area (Å²) in [6, 6.07) is 7.01. The molecular weight excluding hydrogens is 447 g/mol. The normalized spacial score (nSPS) is 16.0. The van der Waals surface area contributed by atoms with E-state index >= 15 is 0 Å². The third-order valence-electron chi connectivity index (χ3n) is 5.84. The lowest BCUT2D eigenvalue weighted by Crippen LogP contribution is -2.27. The van der Waals surface area contributed by atoms with Gasteiger partial charge in [0.25, 0.3) is 5.56 Å². The van der Waals surface area contributed by atoms with Crippen molar-refractivity contribution in [2.75, 3.05) is 25.5 Å². The fourth-order valence-corrected chi connectivity index (χ4v) is 3.95. The summed E-state index contributed by atoms with van der Waals surface area (Å²) in [5.74, 6) is 0.992. The van der Waals surface area contributed by atoms with Crippen molar-refractivity contribution >= 4 is 22.4 Å². The van der Waals surface area contributed by atoms with Crippen molar-refractivity contribution in [3.8, 4) is 11.4 Å². The molecule has 1 saturated carbocycles. The van der Waals surface area contributed by atoms with Gasteiger partial charge < -0.3 is 15.4 Å². The SMILES string of the molecule is COc1ccc(-n2cc3cnc(NCC(F)(F)F)nc3c(C3=CC=C(C4CC4)NC3)c2=O)cc1. The molecule has 3 heterocycles. The van der Waals surface area contributed by atoms with E-state index < -0.39 is 12.7 Å². The number of methoxy groups -OCH3 is 1. The molecule has 10 heteroatoms. The lowest BCUT2D eigenvalue weighted by Gasteiger charge is -2.19. The van der Waals surface area contributed by atoms with Gasteiger partial charge in [0.2, 0.25) is 5.95 Å². The highest BCUT2D eigenvalue weighted by Gasteiger charge is 2.29. The van der Waals surface area contributed by atoms with E-state index in [1.807, 2.05) is 12.2 Å². The van der Waals surface area contributed by atoms with Crippen molar-refractivity contribution in [2.24, 2.45) is 5.92 Å². The highest BCUT2D eigenvalue weighted by molar-refractivity contribution is 5.91. The molecule has 7 nitrogen and oxygen atoms in total. The quantitative estimate of drug-likeness (QED) is 0.567. The topological polar surface area (TPSA) is 81.1 Å². The highest BCUT2D eigenvalue weighted by atomic mass is 19.4. The second-order valence-corrected chi connectivity index (χ2v) is 8.29. The van der Waals surface area contributed by atoms with Gasteiger partial charge in [0.1, 0.15) is 12.3 Å². The summed E-state index contributed by atoms with van der Waals surface area (Å²) in [4.78, 5) is 22.0. The van der Waals surface area contributed by atoms with Crippen LogP contribution in [0.4, 0.5) is 19.1 Å². The van der Waals surface area contributed by atoms with Crippen LogP contribution in [-0.4, -0.2) is 40.9 Å². The molecule has 176 valence electrons. The number of pyridine rings is 1. The van der Waals surface area contributed by atoms with E-state index in [1.165, 1.54) is 10.8 Å². The molecule has 0 saturated heterocycles. The summed E-state index contributed by atoms with van der Waals surface area (Å²) in [5, 5.41) is 6.10. The zero-order valence-corrected chi connectivity index (χ0v) is 18.3. The number of anilines is 1. The van der Waals surface area contributed by atoms with Gasteiger partial charge in [-0.1, -0.05) is 6.08 Å². The molecule has 0 bridgehead atoms. The van der Waals surface area contributed by atoms with Crippen LogP contribution in [-0.2, 0) is 0 Å². The minimum atomic E-state index is -4.42. The zero-order chi connectivity index (χ0) is 23.9. The van der Waals surface area contributed by atoms with E-state index in [0.717, 1.165) is 18.5 Å². The number of halogens is 3. The van der Waals surface area contributed by atoms with Crippen molar-refractivity contribution in [3.05, 3.63) is 70.4 Å². The average Bonchev–Trinajstić information content (AvgIpc) is 3.68. The lowest BCUT2D eigenvalue weighted by atomic mass is 10.0. The summed E-state index contributed by atoms with van der Waals surface area (Å²) < 4.78 is 44.8. The van der Waals surface area contributed by atoms with E-state index in [1.54, 1.807) is 37.6 Å². The number of hydrogen-bond acceptors (Lipinski definition) is 6. The molecule has 1 fully saturated rings. The Morgan fingerprint density at radius 1 is 1.21 bits per heavy atom. The Bertz CT molecular complexity index is 1360. The number of dihydropyridines is 1. The second kappa shape index (κ2) is 8.51. The molecule has 0 amide bonds. The number of nitrogens with one attached hydrogen (secondary N) is 2. The van der Waals surface area contributed by atoms with E-state index in [4.69, 9.17) is 4.74 Å². The Morgan fingerprint density at radius 2 is 1.97 bits per heavy atom. The first-order valence-corrected chi connectivity index (χ1v) is 10.8. The molecule has 2 aliphatic rings. The van der Waals surface area contributed by atoms with Crippen LogP contribution in [0.1, 0.15) is 18.4 Å². The van der Waals surface area contributed by atoms with Gasteiger partial charge in [0.15, 0.2) is 0 Å². The van der Waals surface area contributed by atoms with Crippen LogP contribution in [0.15, 0.2) is 59.3 Å². The maximum absolute atomic E-state index is 13.7. The predicted molar refractivity (Wildman–Crippen MR) is 123 cm³/mol. The number of aromatic nitrogens is 3. The summed E-state index contributed by atoms with van der Waals surface area (Å²) in [5.41, 5.74) is 2.76. The molecule has 1 aliphatic heterocycles. The number of benzene rings is 1.